The molecule has 1 N–H and O–H groups in total. The van der Waals surface area contributed by atoms with Crippen LogP contribution in [0.5, 0.6) is 0 Å². The molecule has 82 valence electrons. The molecule has 0 aliphatic carbocycles. The monoisotopic (exact) mass is 256 g/mol. The normalized spacial score (nSPS) is 10.1. The molecule has 0 aromatic heterocycles. The van der Waals surface area contributed by atoms with E-state index in [-0.39, 0.29) is 0 Å². The smallest absolute Gasteiger partial charge is 0.419 e. The quantitative estimate of drug-likeness (QED) is 0.513. The van der Waals surface area contributed by atoms with Gasteiger partial charge in [-0.1, -0.05) is 29.3 Å². The maximum Gasteiger partial charge on any atom is 0.419 e. The molecule has 16 heavy (non-hydrogen) atoms. The summed E-state index contributed by atoms with van der Waals surface area (Å²) in [6, 6.07) is 4.80. The van der Waals surface area contributed by atoms with Crippen molar-refractivity contribution >= 4 is 41.0 Å². The number of aliphatic carboxylic acids is 1. The zero-order valence-electron chi connectivity index (χ0n) is 7.89. The number of hydrogen-bond acceptors (Lipinski definition) is 1. The summed E-state index contributed by atoms with van der Waals surface area (Å²) in [6.45, 7) is 0. The fourth-order valence-electron chi connectivity index (χ4n) is 0.939. The molecular weight excluding hydrogens is 251 g/mol. The second-order valence-corrected chi connectivity index (χ2v) is 3.61. The second-order valence-electron chi connectivity index (χ2n) is 2.80. The molecule has 0 bridgehead atoms. The van der Waals surface area contributed by atoms with Crippen LogP contribution in [0.3, 0.4) is 0 Å². The minimum absolute atomic E-state index is 0.363. The summed E-state index contributed by atoms with van der Waals surface area (Å²) in [5.74, 6) is -1.32. The Morgan fingerprint density at radius 3 is 2.56 bits per heavy atom. The number of rotatable bonds is 3. The molecule has 1 aromatic rings. The highest BCUT2D eigenvalue weighted by atomic mass is 35.5. The van der Waals surface area contributed by atoms with Crippen LogP contribution in [-0.2, 0) is 4.79 Å². The van der Waals surface area contributed by atoms with Gasteiger partial charge < -0.3 is 10.6 Å². The van der Waals surface area contributed by atoms with E-state index < -0.39 is 11.7 Å². The van der Waals surface area contributed by atoms with Crippen LogP contribution >= 0.6 is 23.2 Å². The lowest BCUT2D eigenvalue weighted by atomic mass is 10.2. The van der Waals surface area contributed by atoms with Crippen LogP contribution in [0, 0.1) is 0 Å². The molecule has 1 rings (SSSR count). The van der Waals surface area contributed by atoms with E-state index in [0.717, 1.165) is 6.08 Å². The van der Waals surface area contributed by atoms with Gasteiger partial charge in [-0.15, -0.1) is 0 Å². The molecule has 0 aliphatic rings. The van der Waals surface area contributed by atoms with Gasteiger partial charge in [-0.05, 0) is 23.8 Å². The molecule has 0 atom stereocenters. The van der Waals surface area contributed by atoms with E-state index in [1.807, 2.05) is 0 Å². The summed E-state index contributed by atoms with van der Waals surface area (Å²) >= 11 is 11.5. The molecule has 0 amide bonds. The lowest BCUT2D eigenvalue weighted by molar-refractivity contribution is -0.133. The minimum Gasteiger partial charge on any atom is -0.472 e. The maximum atomic E-state index is 10.5. The predicted octanol–water partition coefficient (Wildman–Crippen LogP) is 2.76. The van der Waals surface area contributed by atoms with Crippen molar-refractivity contribution in [2.24, 2.45) is 0 Å². The molecule has 6 heteroatoms. The van der Waals surface area contributed by atoms with Crippen LogP contribution < -0.4 is 0 Å². The molecule has 0 unspecified atom stereocenters. The van der Waals surface area contributed by atoms with Crippen molar-refractivity contribution in [3.8, 4) is 0 Å². The van der Waals surface area contributed by atoms with Crippen molar-refractivity contribution in [3.63, 3.8) is 0 Å². The van der Waals surface area contributed by atoms with Gasteiger partial charge in [-0.3, -0.25) is 0 Å². The molecule has 0 saturated carbocycles. The lowest BCUT2D eigenvalue weighted by Crippen LogP contribution is -2.10. The van der Waals surface area contributed by atoms with Crippen molar-refractivity contribution in [2.45, 2.75) is 0 Å². The fourth-order valence-corrected chi connectivity index (χ4v) is 1.25. The maximum absolute atomic E-state index is 10.5. The highest BCUT2D eigenvalue weighted by molar-refractivity contribution is 6.42. The van der Waals surface area contributed by atoms with Crippen molar-refractivity contribution in [3.05, 3.63) is 45.4 Å². The number of carbonyl (C=O) groups is 1. The van der Waals surface area contributed by atoms with Gasteiger partial charge in [0, 0.05) is 6.08 Å². The number of carboxylic acids is 1. The zero-order valence-corrected chi connectivity index (χ0v) is 9.40. The first-order valence-electron chi connectivity index (χ1n) is 4.13. The van der Waals surface area contributed by atoms with Crippen LogP contribution in [-0.4, -0.2) is 21.6 Å². The first-order chi connectivity index (χ1) is 7.54. The van der Waals surface area contributed by atoms with Gasteiger partial charge in [0.15, 0.2) is 0 Å². The van der Waals surface area contributed by atoms with Gasteiger partial charge in [-0.25, -0.2) is 4.79 Å². The number of nitrogens with zero attached hydrogens (tertiary/aromatic N) is 2. The van der Waals surface area contributed by atoms with Crippen molar-refractivity contribution in [1.82, 2.24) is 0 Å². The predicted molar refractivity (Wildman–Crippen MR) is 61.8 cm³/mol. The Morgan fingerprint density at radius 1 is 1.38 bits per heavy atom. The fraction of sp³-hybridized carbons (Fsp3) is 0. The van der Waals surface area contributed by atoms with Gasteiger partial charge in [-0.2, -0.15) is 4.79 Å². The Labute approximate surface area is 101 Å². The van der Waals surface area contributed by atoms with Gasteiger partial charge in [0.25, 0.3) is 0 Å². The van der Waals surface area contributed by atoms with Gasteiger partial charge in [0.1, 0.15) is 0 Å². The molecule has 1 aromatic carbocycles. The van der Waals surface area contributed by atoms with Crippen LogP contribution in [0.15, 0.2) is 24.3 Å². The van der Waals surface area contributed by atoms with Crippen LogP contribution in [0.4, 0.5) is 0 Å². The van der Waals surface area contributed by atoms with Crippen molar-refractivity contribution < 1.29 is 14.7 Å². The van der Waals surface area contributed by atoms with E-state index in [4.69, 9.17) is 33.8 Å². The summed E-state index contributed by atoms with van der Waals surface area (Å²) in [5, 5.41) is 9.33. The third kappa shape index (κ3) is 3.21. The van der Waals surface area contributed by atoms with Crippen LogP contribution in [0.25, 0.3) is 11.6 Å². The Morgan fingerprint density at radius 2 is 2.06 bits per heavy atom. The highest BCUT2D eigenvalue weighted by Gasteiger charge is 2.13. The summed E-state index contributed by atoms with van der Waals surface area (Å²) in [7, 11) is 0. The largest absolute Gasteiger partial charge is 0.472 e. The summed E-state index contributed by atoms with van der Waals surface area (Å²) in [6.07, 6.45) is 2.60. The number of carboxylic acid groups (broad SMARTS) is 1. The number of halogens is 2. The lowest BCUT2D eigenvalue weighted by Gasteiger charge is -1.96. The first kappa shape index (κ1) is 12.5. The minimum atomic E-state index is -1.32. The topological polar surface area (TPSA) is 73.7 Å². The van der Waals surface area contributed by atoms with E-state index in [1.54, 1.807) is 18.2 Å². The Hall–Kier alpha value is -1.61. The van der Waals surface area contributed by atoms with Gasteiger partial charge in [0.2, 0.25) is 0 Å². The number of hydrogen-bond donors (Lipinski definition) is 1. The van der Waals surface area contributed by atoms with Gasteiger partial charge >= 0.3 is 11.7 Å². The molecular formula is C10H6Cl2N2O2. The molecule has 0 spiro atoms. The number of benzene rings is 1. The average molecular weight is 257 g/mol. The molecule has 0 aliphatic heterocycles. The molecule has 0 heterocycles. The molecule has 0 saturated heterocycles. The second kappa shape index (κ2) is 5.47. The van der Waals surface area contributed by atoms with Crippen LogP contribution in [0.2, 0.25) is 10.0 Å². The Balaban J connectivity index is 2.96. The van der Waals surface area contributed by atoms with E-state index in [2.05, 4.69) is 4.79 Å². The van der Waals surface area contributed by atoms with E-state index in [1.165, 1.54) is 6.08 Å². The first-order valence-corrected chi connectivity index (χ1v) is 4.88. The van der Waals surface area contributed by atoms with E-state index >= 15 is 0 Å². The average Bonchev–Trinajstić information content (AvgIpc) is 2.23. The van der Waals surface area contributed by atoms with E-state index in [0.29, 0.717) is 15.6 Å². The zero-order chi connectivity index (χ0) is 12.1. The third-order valence-corrected chi connectivity index (χ3v) is 2.44. The van der Waals surface area contributed by atoms with Gasteiger partial charge in [0.05, 0.1) is 10.0 Å². The third-order valence-electron chi connectivity index (χ3n) is 1.70. The summed E-state index contributed by atoms with van der Waals surface area (Å²) < 4.78 is 0. The molecule has 0 radical (unpaired) electrons. The Kier molecular flexibility index (Phi) is 4.26. The molecule has 4 nitrogen and oxygen atoms in total. The van der Waals surface area contributed by atoms with Crippen molar-refractivity contribution in [2.75, 3.05) is 0 Å². The van der Waals surface area contributed by atoms with Crippen molar-refractivity contribution in [1.29, 1.82) is 0 Å². The standard InChI is InChI=1S/C10H6Cl2N2O2/c11-7-3-1-6(5-8(7)12)2-4-9(14-13)10(15)16/h1-5H,(H,15,16). The SMILES string of the molecule is [N-]=[N+]=C(C=Cc1ccc(Cl)c(Cl)c1)C(=O)O. The molecule has 0 fully saturated rings. The highest BCUT2D eigenvalue weighted by Crippen LogP contribution is 2.22. The van der Waals surface area contributed by atoms with Crippen LogP contribution in [0.1, 0.15) is 5.56 Å². The Bertz CT molecular complexity index is 506. The van der Waals surface area contributed by atoms with E-state index in [9.17, 15) is 4.79 Å². The summed E-state index contributed by atoms with van der Waals surface area (Å²) in [4.78, 5) is 13.1. The summed E-state index contributed by atoms with van der Waals surface area (Å²) in [5.41, 5.74) is 8.57.